The van der Waals surface area contributed by atoms with E-state index in [1.54, 1.807) is 0 Å². The van der Waals surface area contributed by atoms with E-state index in [-0.39, 0.29) is 5.75 Å². The van der Waals surface area contributed by atoms with Crippen LogP contribution >= 0.6 is 11.8 Å². The van der Waals surface area contributed by atoms with Gasteiger partial charge >= 0.3 is 5.97 Å². The van der Waals surface area contributed by atoms with E-state index in [1.807, 2.05) is 6.07 Å². The molecule has 1 heterocycles. The number of thioether (sulfide) groups is 1. The first-order valence-corrected chi connectivity index (χ1v) is 7.46. The molecule has 1 aromatic rings. The zero-order chi connectivity index (χ0) is 13.7. The van der Waals surface area contributed by atoms with Crippen molar-refractivity contribution in [3.8, 4) is 6.07 Å². The zero-order valence-electron chi connectivity index (χ0n) is 10.7. The molecule has 0 amide bonds. The van der Waals surface area contributed by atoms with Crippen LogP contribution in [0.4, 0.5) is 0 Å². The summed E-state index contributed by atoms with van der Waals surface area (Å²) >= 11 is 1.13. The third kappa shape index (κ3) is 3.71. The van der Waals surface area contributed by atoms with Crippen molar-refractivity contribution >= 4 is 17.7 Å². The molecule has 0 saturated heterocycles. The Morgan fingerprint density at radius 1 is 1.37 bits per heavy atom. The van der Waals surface area contributed by atoms with Crippen molar-refractivity contribution in [2.45, 2.75) is 43.6 Å². The van der Waals surface area contributed by atoms with E-state index in [0.717, 1.165) is 48.7 Å². The maximum atomic E-state index is 10.6. The second-order valence-electron chi connectivity index (χ2n) is 4.66. The van der Waals surface area contributed by atoms with Gasteiger partial charge in [0.1, 0.15) is 11.1 Å². The number of hydrogen-bond acceptors (Lipinski definition) is 4. The van der Waals surface area contributed by atoms with Gasteiger partial charge in [-0.3, -0.25) is 4.79 Å². The average Bonchev–Trinajstić information content (AvgIpc) is 2.37. The predicted molar refractivity (Wildman–Crippen MR) is 73.2 cm³/mol. The molecular weight excluding hydrogens is 260 g/mol. The molecule has 0 spiro atoms. The lowest BCUT2D eigenvalue weighted by Gasteiger charge is -2.14. The van der Waals surface area contributed by atoms with E-state index >= 15 is 0 Å². The summed E-state index contributed by atoms with van der Waals surface area (Å²) < 4.78 is 0. The first-order chi connectivity index (χ1) is 9.20. The number of aliphatic carboxylic acids is 1. The first-order valence-electron chi connectivity index (χ1n) is 6.48. The Hall–Kier alpha value is -1.54. The third-order valence-corrected chi connectivity index (χ3v) is 4.19. The highest BCUT2D eigenvalue weighted by Crippen LogP contribution is 2.26. The molecule has 1 aliphatic rings. The highest BCUT2D eigenvalue weighted by atomic mass is 32.2. The Morgan fingerprint density at radius 2 is 2.11 bits per heavy atom. The van der Waals surface area contributed by atoms with Gasteiger partial charge in [0.2, 0.25) is 0 Å². The van der Waals surface area contributed by atoms with Crippen molar-refractivity contribution in [1.29, 1.82) is 5.26 Å². The summed E-state index contributed by atoms with van der Waals surface area (Å²) in [5.74, 6) is -0.942. The molecule has 1 aromatic heterocycles. The number of carbonyl (C=O) groups is 1. The van der Waals surface area contributed by atoms with Gasteiger partial charge in [0.15, 0.2) is 0 Å². The number of rotatable bonds is 3. The molecule has 0 aliphatic heterocycles. The van der Waals surface area contributed by atoms with Crippen molar-refractivity contribution in [1.82, 2.24) is 4.98 Å². The Morgan fingerprint density at radius 3 is 2.79 bits per heavy atom. The summed E-state index contributed by atoms with van der Waals surface area (Å²) in [6.07, 6.45) is 6.62. The summed E-state index contributed by atoms with van der Waals surface area (Å²) in [5.41, 5.74) is 2.72. The fourth-order valence-corrected chi connectivity index (χ4v) is 2.98. The van der Waals surface area contributed by atoms with Crippen LogP contribution in [-0.2, 0) is 17.6 Å². The van der Waals surface area contributed by atoms with Crippen molar-refractivity contribution in [2.75, 3.05) is 5.75 Å². The molecule has 0 aromatic carbocycles. The summed E-state index contributed by atoms with van der Waals surface area (Å²) in [5, 5.41) is 18.4. The number of aryl methyl sites for hydroxylation is 2. The Kier molecular flexibility index (Phi) is 4.80. The standard InChI is InChI=1S/C14H16N2O2S/c15-8-11-7-10-5-3-1-2-4-6-12(10)16-14(11)19-9-13(17)18/h7H,1-6,9H2,(H,17,18). The van der Waals surface area contributed by atoms with Crippen molar-refractivity contribution < 1.29 is 9.90 Å². The minimum absolute atomic E-state index is 0.0551. The van der Waals surface area contributed by atoms with Crippen molar-refractivity contribution in [3.63, 3.8) is 0 Å². The van der Waals surface area contributed by atoms with Gasteiger partial charge in [-0.15, -0.1) is 0 Å². The molecule has 0 radical (unpaired) electrons. The van der Waals surface area contributed by atoms with Crippen LogP contribution in [0.5, 0.6) is 0 Å². The second-order valence-corrected chi connectivity index (χ2v) is 5.62. The van der Waals surface area contributed by atoms with Gasteiger partial charge in [-0.05, 0) is 37.3 Å². The van der Waals surface area contributed by atoms with Crippen LogP contribution in [0, 0.1) is 11.3 Å². The van der Waals surface area contributed by atoms with Crippen LogP contribution in [0.2, 0.25) is 0 Å². The van der Waals surface area contributed by atoms with Crippen molar-refractivity contribution in [2.24, 2.45) is 0 Å². The smallest absolute Gasteiger partial charge is 0.313 e. The van der Waals surface area contributed by atoms with Crippen LogP contribution in [0.25, 0.3) is 0 Å². The zero-order valence-corrected chi connectivity index (χ0v) is 11.5. The lowest BCUT2D eigenvalue weighted by molar-refractivity contribution is -0.133. The van der Waals surface area contributed by atoms with E-state index in [4.69, 9.17) is 10.4 Å². The largest absolute Gasteiger partial charge is 0.481 e. The lowest BCUT2D eigenvalue weighted by Crippen LogP contribution is -2.06. The molecule has 100 valence electrons. The number of hydrogen-bond donors (Lipinski definition) is 1. The molecule has 0 saturated carbocycles. The minimum Gasteiger partial charge on any atom is -0.481 e. The normalized spacial score (nSPS) is 14.9. The fourth-order valence-electron chi connectivity index (χ4n) is 2.29. The molecule has 0 atom stereocenters. The predicted octanol–water partition coefficient (Wildman–Crippen LogP) is 2.79. The lowest BCUT2D eigenvalue weighted by atomic mass is 9.96. The highest BCUT2D eigenvalue weighted by molar-refractivity contribution is 7.99. The number of aromatic nitrogens is 1. The maximum absolute atomic E-state index is 10.6. The molecule has 5 heteroatoms. The van der Waals surface area contributed by atoms with Gasteiger partial charge in [-0.2, -0.15) is 5.26 Å². The highest BCUT2D eigenvalue weighted by Gasteiger charge is 2.14. The number of nitrogens with zero attached hydrogens (tertiary/aromatic N) is 2. The summed E-state index contributed by atoms with van der Waals surface area (Å²) in [7, 11) is 0. The van der Waals surface area contributed by atoms with Gasteiger partial charge in [0, 0.05) is 5.69 Å². The maximum Gasteiger partial charge on any atom is 0.313 e. The first kappa shape index (κ1) is 13.9. The molecule has 0 fully saturated rings. The third-order valence-electron chi connectivity index (χ3n) is 3.22. The summed E-state index contributed by atoms with van der Waals surface area (Å²) in [6, 6.07) is 4.03. The quantitative estimate of drug-likeness (QED) is 0.859. The molecule has 1 N–H and O–H groups in total. The summed E-state index contributed by atoms with van der Waals surface area (Å²) in [4.78, 5) is 15.2. The molecular formula is C14H16N2O2S. The van der Waals surface area contributed by atoms with E-state index in [9.17, 15) is 4.79 Å². The van der Waals surface area contributed by atoms with Crippen LogP contribution in [0.3, 0.4) is 0 Å². The Labute approximate surface area is 116 Å². The van der Waals surface area contributed by atoms with E-state index in [0.29, 0.717) is 10.6 Å². The number of carboxylic acids is 1. The van der Waals surface area contributed by atoms with Crippen LogP contribution in [0.1, 0.15) is 42.5 Å². The molecule has 0 bridgehead atoms. The van der Waals surface area contributed by atoms with Gasteiger partial charge in [0.25, 0.3) is 0 Å². The van der Waals surface area contributed by atoms with Gasteiger partial charge < -0.3 is 5.11 Å². The van der Waals surface area contributed by atoms with E-state index in [2.05, 4.69) is 11.1 Å². The van der Waals surface area contributed by atoms with Crippen LogP contribution in [0.15, 0.2) is 11.1 Å². The summed E-state index contributed by atoms with van der Waals surface area (Å²) in [6.45, 7) is 0. The molecule has 4 nitrogen and oxygen atoms in total. The Bertz CT molecular complexity index is 523. The van der Waals surface area contributed by atoms with Gasteiger partial charge in [-0.1, -0.05) is 24.6 Å². The molecule has 0 unspecified atom stereocenters. The second kappa shape index (κ2) is 6.58. The Balaban J connectivity index is 2.30. The molecule has 19 heavy (non-hydrogen) atoms. The van der Waals surface area contributed by atoms with Crippen molar-refractivity contribution in [3.05, 3.63) is 22.9 Å². The number of nitriles is 1. The van der Waals surface area contributed by atoms with Crippen LogP contribution in [-0.4, -0.2) is 21.8 Å². The SMILES string of the molecule is N#Cc1cc2c(nc1SCC(=O)O)CCCCCC2. The molecule has 2 rings (SSSR count). The van der Waals surface area contributed by atoms with Gasteiger partial charge in [0.05, 0.1) is 11.3 Å². The number of fused-ring (bicyclic) bond motifs is 1. The number of carboxylic acid groups (broad SMARTS) is 1. The minimum atomic E-state index is -0.887. The molecule has 1 aliphatic carbocycles. The van der Waals surface area contributed by atoms with E-state index < -0.39 is 5.97 Å². The average molecular weight is 276 g/mol. The number of pyridine rings is 1. The van der Waals surface area contributed by atoms with E-state index in [1.165, 1.54) is 12.8 Å². The van der Waals surface area contributed by atoms with Gasteiger partial charge in [-0.25, -0.2) is 4.98 Å². The topological polar surface area (TPSA) is 74.0 Å². The monoisotopic (exact) mass is 276 g/mol. The fraction of sp³-hybridized carbons (Fsp3) is 0.500. The van der Waals surface area contributed by atoms with Crippen LogP contribution < -0.4 is 0 Å².